The zero-order valence-corrected chi connectivity index (χ0v) is 9.26. The van der Waals surface area contributed by atoms with E-state index in [1.165, 1.54) is 29.7 Å². The number of rotatable bonds is 2. The van der Waals surface area contributed by atoms with Crippen molar-refractivity contribution >= 4 is 17.0 Å². The van der Waals surface area contributed by atoms with Crippen molar-refractivity contribution in [2.45, 2.75) is 18.9 Å². The summed E-state index contributed by atoms with van der Waals surface area (Å²) in [6, 6.07) is 11.4. The third-order valence-electron chi connectivity index (χ3n) is 2.99. The van der Waals surface area contributed by atoms with Gasteiger partial charge in [0.15, 0.2) is 0 Å². The highest BCUT2D eigenvalue weighted by Gasteiger charge is 2.21. The summed E-state index contributed by atoms with van der Waals surface area (Å²) in [4.78, 5) is 0. The first-order chi connectivity index (χ1) is 7.43. The molecule has 0 spiro atoms. The number of nitrogens with one attached hydrogen (secondary N) is 1. The van der Waals surface area contributed by atoms with Crippen molar-refractivity contribution in [3.63, 3.8) is 0 Å². The van der Waals surface area contributed by atoms with Crippen LogP contribution in [0.4, 0.5) is 5.69 Å². The van der Waals surface area contributed by atoms with E-state index >= 15 is 0 Å². The van der Waals surface area contributed by atoms with Crippen LogP contribution in [0.25, 0.3) is 0 Å². The standard InChI is InChI=1S/C13H13NS/c1-2-4-12-10(3-1)5-6-13(12)14-11-7-8-15-9-11/h1-4,7-9,13-14H,5-6H2. The predicted molar refractivity (Wildman–Crippen MR) is 65.4 cm³/mol. The molecule has 15 heavy (non-hydrogen) atoms. The lowest BCUT2D eigenvalue weighted by atomic mass is 10.1. The number of anilines is 1. The Morgan fingerprint density at radius 1 is 1.20 bits per heavy atom. The molecule has 0 fully saturated rings. The van der Waals surface area contributed by atoms with Gasteiger partial charge in [-0.2, -0.15) is 11.3 Å². The summed E-state index contributed by atoms with van der Waals surface area (Å²) < 4.78 is 0. The highest BCUT2D eigenvalue weighted by molar-refractivity contribution is 7.08. The summed E-state index contributed by atoms with van der Waals surface area (Å²) in [5, 5.41) is 7.87. The van der Waals surface area contributed by atoms with Crippen LogP contribution in [0.15, 0.2) is 41.1 Å². The first-order valence-electron chi connectivity index (χ1n) is 5.30. The molecular formula is C13H13NS. The highest BCUT2D eigenvalue weighted by atomic mass is 32.1. The number of thiophene rings is 1. The van der Waals surface area contributed by atoms with Gasteiger partial charge >= 0.3 is 0 Å². The van der Waals surface area contributed by atoms with Crippen LogP contribution in [0, 0.1) is 0 Å². The molecule has 0 saturated heterocycles. The van der Waals surface area contributed by atoms with Crippen LogP contribution in [-0.2, 0) is 6.42 Å². The number of aryl methyl sites for hydroxylation is 1. The Bertz CT molecular complexity index is 447. The lowest BCUT2D eigenvalue weighted by Gasteiger charge is -2.13. The van der Waals surface area contributed by atoms with Crippen molar-refractivity contribution in [2.75, 3.05) is 5.32 Å². The second-order valence-corrected chi connectivity index (χ2v) is 4.73. The number of hydrogen-bond acceptors (Lipinski definition) is 2. The maximum atomic E-state index is 3.59. The largest absolute Gasteiger partial charge is 0.378 e. The van der Waals surface area contributed by atoms with Crippen LogP contribution in [0.3, 0.4) is 0 Å². The summed E-state index contributed by atoms with van der Waals surface area (Å²) in [7, 11) is 0. The lowest BCUT2D eigenvalue weighted by molar-refractivity contribution is 0.762. The zero-order chi connectivity index (χ0) is 10.1. The minimum absolute atomic E-state index is 0.510. The highest BCUT2D eigenvalue weighted by Crippen LogP contribution is 2.33. The fraction of sp³-hybridized carbons (Fsp3) is 0.231. The molecule has 1 unspecified atom stereocenters. The van der Waals surface area contributed by atoms with Crippen molar-refractivity contribution < 1.29 is 0 Å². The van der Waals surface area contributed by atoms with Gasteiger partial charge in [-0.05, 0) is 35.4 Å². The Balaban J connectivity index is 1.85. The molecule has 1 aliphatic rings. The second-order valence-electron chi connectivity index (χ2n) is 3.95. The van der Waals surface area contributed by atoms with E-state index in [2.05, 4.69) is 46.4 Å². The smallest absolute Gasteiger partial charge is 0.0520 e. The van der Waals surface area contributed by atoms with Gasteiger partial charge in [0.2, 0.25) is 0 Å². The van der Waals surface area contributed by atoms with Crippen molar-refractivity contribution in [2.24, 2.45) is 0 Å². The predicted octanol–water partition coefficient (Wildman–Crippen LogP) is 3.85. The Morgan fingerprint density at radius 2 is 2.13 bits per heavy atom. The monoisotopic (exact) mass is 215 g/mol. The maximum Gasteiger partial charge on any atom is 0.0520 e. The molecule has 3 rings (SSSR count). The van der Waals surface area contributed by atoms with Gasteiger partial charge in [0.05, 0.1) is 6.04 Å². The van der Waals surface area contributed by atoms with Gasteiger partial charge in [-0.25, -0.2) is 0 Å². The molecule has 1 nitrogen and oxygen atoms in total. The molecule has 1 aliphatic carbocycles. The molecule has 0 saturated carbocycles. The van der Waals surface area contributed by atoms with E-state index in [0.717, 1.165) is 0 Å². The Kier molecular flexibility index (Phi) is 2.22. The molecule has 1 N–H and O–H groups in total. The van der Waals surface area contributed by atoms with Crippen LogP contribution in [0.2, 0.25) is 0 Å². The summed E-state index contributed by atoms with van der Waals surface area (Å²) >= 11 is 1.74. The molecule has 0 amide bonds. The van der Waals surface area contributed by atoms with Crippen molar-refractivity contribution in [1.29, 1.82) is 0 Å². The minimum Gasteiger partial charge on any atom is -0.378 e. The molecule has 1 aromatic heterocycles. The molecule has 2 heteroatoms. The van der Waals surface area contributed by atoms with E-state index in [-0.39, 0.29) is 0 Å². The maximum absolute atomic E-state index is 3.59. The van der Waals surface area contributed by atoms with Crippen LogP contribution < -0.4 is 5.32 Å². The summed E-state index contributed by atoms with van der Waals surface area (Å²) in [6.45, 7) is 0. The average molecular weight is 215 g/mol. The van der Waals surface area contributed by atoms with Gasteiger partial charge in [0.25, 0.3) is 0 Å². The van der Waals surface area contributed by atoms with Crippen LogP contribution in [0.1, 0.15) is 23.6 Å². The van der Waals surface area contributed by atoms with Crippen molar-refractivity contribution in [1.82, 2.24) is 0 Å². The van der Waals surface area contributed by atoms with Gasteiger partial charge in [0, 0.05) is 11.1 Å². The Morgan fingerprint density at radius 3 is 3.00 bits per heavy atom. The molecule has 1 atom stereocenters. The normalized spacial score (nSPS) is 18.8. The molecule has 2 aromatic rings. The van der Waals surface area contributed by atoms with Crippen LogP contribution in [-0.4, -0.2) is 0 Å². The van der Waals surface area contributed by atoms with Gasteiger partial charge in [0.1, 0.15) is 0 Å². The summed E-state index contributed by atoms with van der Waals surface area (Å²) in [6.07, 6.45) is 2.42. The fourth-order valence-corrected chi connectivity index (χ4v) is 2.85. The van der Waals surface area contributed by atoms with Crippen molar-refractivity contribution in [3.05, 3.63) is 52.2 Å². The van der Waals surface area contributed by atoms with E-state index in [0.29, 0.717) is 6.04 Å². The van der Waals surface area contributed by atoms with E-state index in [1.54, 1.807) is 11.3 Å². The zero-order valence-electron chi connectivity index (χ0n) is 8.44. The third-order valence-corrected chi connectivity index (χ3v) is 3.68. The topological polar surface area (TPSA) is 12.0 Å². The summed E-state index contributed by atoms with van der Waals surface area (Å²) in [5.41, 5.74) is 4.23. The summed E-state index contributed by atoms with van der Waals surface area (Å²) in [5.74, 6) is 0. The first-order valence-corrected chi connectivity index (χ1v) is 6.24. The molecule has 76 valence electrons. The minimum atomic E-state index is 0.510. The van der Waals surface area contributed by atoms with E-state index < -0.39 is 0 Å². The van der Waals surface area contributed by atoms with Crippen LogP contribution in [0.5, 0.6) is 0 Å². The van der Waals surface area contributed by atoms with E-state index in [9.17, 15) is 0 Å². The molecule has 0 bridgehead atoms. The van der Waals surface area contributed by atoms with E-state index in [4.69, 9.17) is 0 Å². The van der Waals surface area contributed by atoms with Gasteiger partial charge in [-0.3, -0.25) is 0 Å². The molecule has 0 aliphatic heterocycles. The number of hydrogen-bond donors (Lipinski definition) is 1. The number of benzene rings is 1. The fourth-order valence-electron chi connectivity index (χ4n) is 2.25. The third kappa shape index (κ3) is 1.65. The lowest BCUT2D eigenvalue weighted by Crippen LogP contribution is -2.05. The SMILES string of the molecule is c1ccc2c(c1)CCC2Nc1ccsc1. The first kappa shape index (κ1) is 8.98. The Labute approximate surface area is 93.8 Å². The average Bonchev–Trinajstić information content (AvgIpc) is 2.89. The van der Waals surface area contributed by atoms with Crippen molar-refractivity contribution in [3.8, 4) is 0 Å². The molecular weight excluding hydrogens is 202 g/mol. The number of fused-ring (bicyclic) bond motifs is 1. The quantitative estimate of drug-likeness (QED) is 0.802. The van der Waals surface area contributed by atoms with Crippen LogP contribution >= 0.6 is 11.3 Å². The van der Waals surface area contributed by atoms with Gasteiger partial charge < -0.3 is 5.32 Å². The Hall–Kier alpha value is -1.28. The molecule has 0 radical (unpaired) electrons. The second kappa shape index (κ2) is 3.70. The van der Waals surface area contributed by atoms with Gasteiger partial charge in [-0.15, -0.1) is 0 Å². The van der Waals surface area contributed by atoms with Gasteiger partial charge in [-0.1, -0.05) is 24.3 Å². The molecule has 1 heterocycles. The molecule has 1 aromatic carbocycles. The van der Waals surface area contributed by atoms with E-state index in [1.807, 2.05) is 0 Å².